The minimum absolute atomic E-state index is 0.103. The van der Waals surface area contributed by atoms with Crippen LogP contribution in [-0.4, -0.2) is 50.0 Å². The third-order valence-electron chi connectivity index (χ3n) is 3.66. The predicted molar refractivity (Wildman–Crippen MR) is 79.2 cm³/mol. The number of nitrogens with one attached hydrogen (secondary N) is 1. The number of anilines is 1. The van der Waals surface area contributed by atoms with E-state index in [2.05, 4.69) is 17.1 Å². The van der Waals surface area contributed by atoms with E-state index in [-0.39, 0.29) is 17.5 Å². The number of sulfone groups is 1. The molecule has 2 unspecified atom stereocenters. The average molecular weight is 282 g/mol. The Labute approximate surface area is 115 Å². The summed E-state index contributed by atoms with van der Waals surface area (Å²) in [4.78, 5) is 2.27. The first kappa shape index (κ1) is 14.3. The van der Waals surface area contributed by atoms with E-state index in [1.807, 2.05) is 37.3 Å². The number of hydrogen-bond donors (Lipinski definition) is 1. The normalized spacial score (nSPS) is 24.8. The summed E-state index contributed by atoms with van der Waals surface area (Å²) in [6, 6.07) is 10.5. The van der Waals surface area contributed by atoms with Gasteiger partial charge in [0.1, 0.15) is 0 Å². The molecule has 1 aromatic rings. The molecule has 0 aromatic heterocycles. The van der Waals surface area contributed by atoms with Gasteiger partial charge in [0, 0.05) is 30.9 Å². The lowest BCUT2D eigenvalue weighted by molar-refractivity contribution is 0.175. The summed E-state index contributed by atoms with van der Waals surface area (Å²) in [5.74, 6) is 0.565. The smallest absolute Gasteiger partial charge is 0.153 e. The number of benzene rings is 1. The van der Waals surface area contributed by atoms with Gasteiger partial charge in [0.05, 0.1) is 11.5 Å². The molecule has 0 bridgehead atoms. The molecule has 1 N–H and O–H groups in total. The van der Waals surface area contributed by atoms with Gasteiger partial charge in [0.2, 0.25) is 0 Å². The molecule has 1 aromatic carbocycles. The number of nitrogens with zero attached hydrogens (tertiary/aromatic N) is 1. The molecule has 5 heteroatoms. The van der Waals surface area contributed by atoms with E-state index >= 15 is 0 Å². The molecule has 1 heterocycles. The van der Waals surface area contributed by atoms with Gasteiger partial charge in [0.25, 0.3) is 0 Å². The Bertz CT molecular complexity index is 501. The van der Waals surface area contributed by atoms with Crippen molar-refractivity contribution < 1.29 is 8.42 Å². The average Bonchev–Trinajstić information content (AvgIpc) is 2.36. The molecular weight excluding hydrogens is 260 g/mol. The fourth-order valence-corrected chi connectivity index (χ4v) is 4.19. The lowest BCUT2D eigenvalue weighted by Gasteiger charge is -2.37. The van der Waals surface area contributed by atoms with Crippen molar-refractivity contribution in [1.29, 1.82) is 0 Å². The summed E-state index contributed by atoms with van der Waals surface area (Å²) in [5, 5.41) is 3.39. The highest BCUT2D eigenvalue weighted by Crippen LogP contribution is 2.15. The topological polar surface area (TPSA) is 49.4 Å². The molecule has 0 amide bonds. The largest absolute Gasteiger partial charge is 0.383 e. The third-order valence-corrected chi connectivity index (χ3v) is 5.46. The van der Waals surface area contributed by atoms with Crippen LogP contribution in [0.4, 0.5) is 5.69 Å². The summed E-state index contributed by atoms with van der Waals surface area (Å²) in [5.41, 5.74) is 1.10. The van der Waals surface area contributed by atoms with E-state index in [1.54, 1.807) is 0 Å². The van der Waals surface area contributed by atoms with Crippen LogP contribution in [0.5, 0.6) is 0 Å². The highest BCUT2D eigenvalue weighted by atomic mass is 32.2. The standard InChI is InChI=1S/C14H22N2O2S/c1-12(10-15-14-6-4-3-5-7-14)16-8-9-19(17,18)11-13(16)2/h3-7,12-13,15H,8-11H2,1-2H3. The van der Waals surface area contributed by atoms with E-state index in [0.717, 1.165) is 12.2 Å². The maximum absolute atomic E-state index is 11.6. The molecule has 106 valence electrons. The van der Waals surface area contributed by atoms with Gasteiger partial charge in [0.15, 0.2) is 9.84 Å². The van der Waals surface area contributed by atoms with Crippen LogP contribution < -0.4 is 5.32 Å². The zero-order chi connectivity index (χ0) is 13.9. The van der Waals surface area contributed by atoms with E-state index in [9.17, 15) is 8.42 Å². The van der Waals surface area contributed by atoms with Gasteiger partial charge in [-0.25, -0.2) is 8.42 Å². The Morgan fingerprint density at radius 1 is 1.37 bits per heavy atom. The Kier molecular flexibility index (Phi) is 4.47. The van der Waals surface area contributed by atoms with Crippen molar-refractivity contribution in [3.05, 3.63) is 30.3 Å². The zero-order valence-electron chi connectivity index (χ0n) is 11.5. The molecule has 2 atom stereocenters. The summed E-state index contributed by atoms with van der Waals surface area (Å²) >= 11 is 0. The van der Waals surface area contributed by atoms with Crippen LogP contribution in [0.15, 0.2) is 30.3 Å². The van der Waals surface area contributed by atoms with Gasteiger partial charge in [-0.3, -0.25) is 4.90 Å². The summed E-state index contributed by atoms with van der Waals surface area (Å²) in [6.07, 6.45) is 0. The van der Waals surface area contributed by atoms with Crippen LogP contribution in [0.2, 0.25) is 0 Å². The summed E-state index contributed by atoms with van der Waals surface area (Å²) in [7, 11) is -2.83. The number of rotatable bonds is 4. The second-order valence-electron chi connectivity index (χ2n) is 5.30. The van der Waals surface area contributed by atoms with Crippen LogP contribution in [0.25, 0.3) is 0 Å². The minimum Gasteiger partial charge on any atom is -0.383 e. The quantitative estimate of drug-likeness (QED) is 0.911. The number of hydrogen-bond acceptors (Lipinski definition) is 4. The van der Waals surface area contributed by atoms with Gasteiger partial charge in [-0.05, 0) is 26.0 Å². The highest BCUT2D eigenvalue weighted by molar-refractivity contribution is 7.91. The van der Waals surface area contributed by atoms with Crippen LogP contribution in [0.3, 0.4) is 0 Å². The van der Waals surface area contributed by atoms with Crippen LogP contribution >= 0.6 is 0 Å². The molecule has 1 aliphatic heterocycles. The van der Waals surface area contributed by atoms with Crippen LogP contribution in [0, 0.1) is 0 Å². The van der Waals surface area contributed by atoms with E-state index in [4.69, 9.17) is 0 Å². The van der Waals surface area contributed by atoms with E-state index in [1.165, 1.54) is 0 Å². The molecular formula is C14H22N2O2S. The Balaban J connectivity index is 1.88. The molecule has 4 nitrogen and oxygen atoms in total. The maximum atomic E-state index is 11.6. The van der Waals surface area contributed by atoms with Gasteiger partial charge >= 0.3 is 0 Å². The Morgan fingerprint density at radius 2 is 2.05 bits per heavy atom. The maximum Gasteiger partial charge on any atom is 0.153 e. The molecule has 0 aliphatic carbocycles. The van der Waals surface area contributed by atoms with Crippen molar-refractivity contribution in [2.24, 2.45) is 0 Å². The van der Waals surface area contributed by atoms with Crippen molar-refractivity contribution in [1.82, 2.24) is 4.90 Å². The fraction of sp³-hybridized carbons (Fsp3) is 0.571. The lowest BCUT2D eigenvalue weighted by atomic mass is 10.2. The predicted octanol–water partition coefficient (Wildman–Crippen LogP) is 1.61. The summed E-state index contributed by atoms with van der Waals surface area (Å²) < 4.78 is 23.1. The van der Waals surface area contributed by atoms with Gasteiger partial charge in [-0.15, -0.1) is 0 Å². The van der Waals surface area contributed by atoms with Crippen molar-refractivity contribution in [3.8, 4) is 0 Å². The molecule has 1 saturated heterocycles. The van der Waals surface area contributed by atoms with Gasteiger partial charge in [-0.1, -0.05) is 18.2 Å². The number of para-hydroxylation sites is 1. The Hall–Kier alpha value is -1.07. The first-order valence-electron chi connectivity index (χ1n) is 6.73. The van der Waals surface area contributed by atoms with Crippen LogP contribution in [-0.2, 0) is 9.84 Å². The highest BCUT2D eigenvalue weighted by Gasteiger charge is 2.30. The molecule has 19 heavy (non-hydrogen) atoms. The second-order valence-corrected chi connectivity index (χ2v) is 7.53. The summed E-state index contributed by atoms with van der Waals surface area (Å²) in [6.45, 7) is 5.61. The molecule has 1 fully saturated rings. The molecule has 2 rings (SSSR count). The zero-order valence-corrected chi connectivity index (χ0v) is 12.4. The van der Waals surface area contributed by atoms with Crippen molar-refractivity contribution in [2.75, 3.05) is 29.9 Å². The van der Waals surface area contributed by atoms with Crippen molar-refractivity contribution in [3.63, 3.8) is 0 Å². The van der Waals surface area contributed by atoms with Crippen LogP contribution in [0.1, 0.15) is 13.8 Å². The lowest BCUT2D eigenvalue weighted by Crippen LogP contribution is -2.52. The molecule has 0 saturated carbocycles. The second kappa shape index (κ2) is 5.92. The monoisotopic (exact) mass is 282 g/mol. The van der Waals surface area contributed by atoms with Crippen molar-refractivity contribution >= 4 is 15.5 Å². The molecule has 1 aliphatic rings. The SMILES string of the molecule is CC(CNc1ccccc1)N1CCS(=O)(=O)CC1C. The minimum atomic E-state index is -2.83. The van der Waals surface area contributed by atoms with Crippen molar-refractivity contribution in [2.45, 2.75) is 25.9 Å². The van der Waals surface area contributed by atoms with Gasteiger partial charge < -0.3 is 5.32 Å². The van der Waals surface area contributed by atoms with E-state index < -0.39 is 9.84 Å². The molecule has 0 spiro atoms. The first-order valence-corrected chi connectivity index (χ1v) is 8.55. The Morgan fingerprint density at radius 3 is 2.68 bits per heavy atom. The first-order chi connectivity index (χ1) is 8.98. The third kappa shape index (κ3) is 3.94. The van der Waals surface area contributed by atoms with E-state index in [0.29, 0.717) is 12.6 Å². The van der Waals surface area contributed by atoms with Gasteiger partial charge in [-0.2, -0.15) is 0 Å². The molecule has 0 radical (unpaired) electrons. The fourth-order valence-electron chi connectivity index (χ4n) is 2.61.